The molecule has 1 atom stereocenters. The van der Waals surface area contributed by atoms with Gasteiger partial charge < -0.3 is 20.5 Å². The lowest BCUT2D eigenvalue weighted by atomic mass is 9.96. The van der Waals surface area contributed by atoms with E-state index in [1.165, 1.54) is 0 Å². The molecule has 0 saturated heterocycles. The van der Waals surface area contributed by atoms with Gasteiger partial charge in [0.05, 0.1) is 6.54 Å². The SMILES string of the molecule is CCNC(=NCC(=O)OC(C)(C)C)NCC(C)(O)c1ccccc1. The van der Waals surface area contributed by atoms with Crippen LogP contribution in [0.3, 0.4) is 0 Å². The first kappa shape index (κ1) is 20.0. The van der Waals surface area contributed by atoms with Crippen LogP contribution in [0.25, 0.3) is 0 Å². The summed E-state index contributed by atoms with van der Waals surface area (Å²) >= 11 is 0. The Bertz CT molecular complexity index is 548. The third-order valence-corrected chi connectivity index (χ3v) is 3.13. The molecule has 0 saturated carbocycles. The Morgan fingerprint density at radius 1 is 1.17 bits per heavy atom. The monoisotopic (exact) mass is 335 g/mol. The number of aliphatic hydroxyl groups is 1. The van der Waals surface area contributed by atoms with Crippen LogP contribution in [0.15, 0.2) is 35.3 Å². The zero-order valence-corrected chi connectivity index (χ0v) is 15.2. The van der Waals surface area contributed by atoms with Crippen molar-refractivity contribution in [2.75, 3.05) is 19.6 Å². The molecule has 1 aromatic carbocycles. The maximum absolute atomic E-state index is 11.8. The van der Waals surface area contributed by atoms with E-state index >= 15 is 0 Å². The van der Waals surface area contributed by atoms with Gasteiger partial charge in [-0.2, -0.15) is 0 Å². The van der Waals surface area contributed by atoms with Gasteiger partial charge in [0.15, 0.2) is 5.96 Å². The highest BCUT2D eigenvalue weighted by Crippen LogP contribution is 2.18. The van der Waals surface area contributed by atoms with Crippen molar-refractivity contribution in [3.05, 3.63) is 35.9 Å². The number of carbonyl (C=O) groups excluding carboxylic acids is 1. The molecular formula is C18H29N3O3. The maximum Gasteiger partial charge on any atom is 0.328 e. The smallest absolute Gasteiger partial charge is 0.328 e. The molecule has 0 amide bonds. The van der Waals surface area contributed by atoms with Crippen LogP contribution < -0.4 is 10.6 Å². The summed E-state index contributed by atoms with van der Waals surface area (Å²) in [6.45, 7) is 9.93. The lowest BCUT2D eigenvalue weighted by Crippen LogP contribution is -2.44. The Hall–Kier alpha value is -2.08. The fourth-order valence-corrected chi connectivity index (χ4v) is 2.01. The van der Waals surface area contributed by atoms with E-state index in [0.29, 0.717) is 12.5 Å². The maximum atomic E-state index is 11.8. The lowest BCUT2D eigenvalue weighted by molar-refractivity contribution is -0.152. The molecule has 0 radical (unpaired) electrons. The molecule has 134 valence electrons. The first-order valence-corrected chi connectivity index (χ1v) is 8.16. The number of hydrogen-bond donors (Lipinski definition) is 3. The highest BCUT2D eigenvalue weighted by molar-refractivity contribution is 5.83. The van der Waals surface area contributed by atoms with Gasteiger partial charge in [-0.1, -0.05) is 30.3 Å². The molecule has 0 aliphatic heterocycles. The number of nitrogens with zero attached hydrogens (tertiary/aromatic N) is 1. The number of rotatable bonds is 6. The Morgan fingerprint density at radius 2 is 1.79 bits per heavy atom. The third-order valence-electron chi connectivity index (χ3n) is 3.13. The summed E-state index contributed by atoms with van der Waals surface area (Å²) in [7, 11) is 0. The van der Waals surface area contributed by atoms with Crippen molar-refractivity contribution in [3.8, 4) is 0 Å². The average Bonchev–Trinajstić information content (AvgIpc) is 2.49. The van der Waals surface area contributed by atoms with Crippen molar-refractivity contribution in [1.82, 2.24) is 10.6 Å². The number of benzene rings is 1. The second-order valence-electron chi connectivity index (χ2n) is 6.78. The van der Waals surface area contributed by atoms with E-state index in [1.807, 2.05) is 58.0 Å². The molecule has 6 heteroatoms. The highest BCUT2D eigenvalue weighted by Gasteiger charge is 2.23. The molecular weight excluding hydrogens is 306 g/mol. The van der Waals surface area contributed by atoms with E-state index in [2.05, 4.69) is 15.6 Å². The zero-order chi connectivity index (χ0) is 18.2. The summed E-state index contributed by atoms with van der Waals surface area (Å²) in [4.78, 5) is 16.0. The predicted octanol–water partition coefficient (Wildman–Crippen LogP) is 1.79. The van der Waals surface area contributed by atoms with Gasteiger partial charge in [-0.3, -0.25) is 4.79 Å². The van der Waals surface area contributed by atoms with Crippen LogP contribution in [0.2, 0.25) is 0 Å². The third kappa shape index (κ3) is 7.46. The van der Waals surface area contributed by atoms with Crippen LogP contribution in [0, 0.1) is 0 Å². The molecule has 0 aromatic heterocycles. The number of carbonyl (C=O) groups is 1. The van der Waals surface area contributed by atoms with E-state index in [9.17, 15) is 9.90 Å². The van der Waals surface area contributed by atoms with Gasteiger partial charge in [-0.15, -0.1) is 0 Å². The number of hydrogen-bond acceptors (Lipinski definition) is 4. The first-order chi connectivity index (χ1) is 11.1. The van der Waals surface area contributed by atoms with Gasteiger partial charge in [0.1, 0.15) is 17.7 Å². The first-order valence-electron chi connectivity index (χ1n) is 8.16. The molecule has 1 unspecified atom stereocenters. The van der Waals surface area contributed by atoms with E-state index in [-0.39, 0.29) is 13.1 Å². The van der Waals surface area contributed by atoms with Crippen molar-refractivity contribution in [3.63, 3.8) is 0 Å². The Labute approximate surface area is 144 Å². The van der Waals surface area contributed by atoms with Gasteiger partial charge in [-0.25, -0.2) is 4.99 Å². The fraction of sp³-hybridized carbons (Fsp3) is 0.556. The van der Waals surface area contributed by atoms with Gasteiger partial charge >= 0.3 is 5.97 Å². The quantitative estimate of drug-likeness (QED) is 0.419. The molecule has 0 aliphatic rings. The van der Waals surface area contributed by atoms with Crippen LogP contribution >= 0.6 is 0 Å². The Morgan fingerprint density at radius 3 is 2.33 bits per heavy atom. The molecule has 0 spiro atoms. The predicted molar refractivity (Wildman–Crippen MR) is 95.8 cm³/mol. The van der Waals surface area contributed by atoms with Crippen LogP contribution in [-0.4, -0.2) is 42.3 Å². The summed E-state index contributed by atoms with van der Waals surface area (Å²) in [5.41, 5.74) is -0.779. The standard InChI is InChI=1S/C18H29N3O3/c1-6-19-16(20-12-15(22)24-17(2,3)4)21-13-18(5,23)14-10-8-7-9-11-14/h7-11,23H,6,12-13H2,1-5H3,(H2,19,20,21). The van der Waals surface area contributed by atoms with Crippen molar-refractivity contribution < 1.29 is 14.6 Å². The molecule has 24 heavy (non-hydrogen) atoms. The molecule has 1 rings (SSSR count). The summed E-state index contributed by atoms with van der Waals surface area (Å²) in [6, 6.07) is 9.40. The molecule has 0 fully saturated rings. The number of guanidine groups is 1. The number of esters is 1. The van der Waals surface area contributed by atoms with E-state index < -0.39 is 17.2 Å². The zero-order valence-electron chi connectivity index (χ0n) is 15.2. The lowest BCUT2D eigenvalue weighted by Gasteiger charge is -2.25. The van der Waals surface area contributed by atoms with Gasteiger partial charge in [0, 0.05) is 6.54 Å². The average molecular weight is 335 g/mol. The van der Waals surface area contributed by atoms with E-state index in [4.69, 9.17) is 4.74 Å². The number of nitrogens with one attached hydrogen (secondary N) is 2. The van der Waals surface area contributed by atoms with Gasteiger partial charge in [-0.05, 0) is 40.2 Å². The topological polar surface area (TPSA) is 83.0 Å². The minimum Gasteiger partial charge on any atom is -0.459 e. The van der Waals surface area contributed by atoms with Crippen LogP contribution in [0.5, 0.6) is 0 Å². The highest BCUT2D eigenvalue weighted by atomic mass is 16.6. The minimum absolute atomic E-state index is 0.0833. The molecule has 0 bridgehead atoms. The van der Waals surface area contributed by atoms with Crippen LogP contribution in [0.1, 0.15) is 40.2 Å². The number of aliphatic imine (C=N–C) groups is 1. The summed E-state index contributed by atoms with van der Waals surface area (Å²) in [5.74, 6) is 0.0640. The Balaban J connectivity index is 2.65. The molecule has 3 N–H and O–H groups in total. The second kappa shape index (κ2) is 8.68. The van der Waals surface area contributed by atoms with E-state index in [0.717, 1.165) is 5.56 Å². The summed E-state index contributed by atoms with van der Waals surface area (Å²) < 4.78 is 5.23. The van der Waals surface area contributed by atoms with Crippen LogP contribution in [0.4, 0.5) is 0 Å². The van der Waals surface area contributed by atoms with Crippen LogP contribution in [-0.2, 0) is 15.1 Å². The molecule has 0 aliphatic carbocycles. The molecule has 6 nitrogen and oxygen atoms in total. The van der Waals surface area contributed by atoms with Crippen molar-refractivity contribution >= 4 is 11.9 Å². The fourth-order valence-electron chi connectivity index (χ4n) is 2.01. The number of ether oxygens (including phenoxy) is 1. The van der Waals surface area contributed by atoms with Crippen molar-refractivity contribution in [2.45, 2.75) is 45.8 Å². The summed E-state index contributed by atoms with van der Waals surface area (Å²) in [6.07, 6.45) is 0. The largest absolute Gasteiger partial charge is 0.459 e. The van der Waals surface area contributed by atoms with Gasteiger partial charge in [0.25, 0.3) is 0 Å². The molecule has 1 aromatic rings. The summed E-state index contributed by atoms with van der Waals surface area (Å²) in [5, 5.41) is 16.7. The van der Waals surface area contributed by atoms with E-state index in [1.54, 1.807) is 6.92 Å². The molecule has 0 heterocycles. The second-order valence-corrected chi connectivity index (χ2v) is 6.78. The van der Waals surface area contributed by atoms with Gasteiger partial charge in [0.2, 0.25) is 0 Å². The Kier molecular flexibility index (Phi) is 7.22. The minimum atomic E-state index is -1.05. The van der Waals surface area contributed by atoms with Crippen molar-refractivity contribution in [2.24, 2.45) is 4.99 Å². The normalized spacial score (nSPS) is 14.7. The van der Waals surface area contributed by atoms with Crippen molar-refractivity contribution in [1.29, 1.82) is 0 Å².